The lowest BCUT2D eigenvalue weighted by molar-refractivity contribution is 0.126. The van der Waals surface area contributed by atoms with Crippen molar-refractivity contribution < 1.29 is 4.74 Å². The first kappa shape index (κ1) is 12.8. The van der Waals surface area contributed by atoms with Gasteiger partial charge in [0.15, 0.2) is 0 Å². The van der Waals surface area contributed by atoms with Crippen LogP contribution in [0.4, 0.5) is 0 Å². The third-order valence-electron chi connectivity index (χ3n) is 2.99. The topological polar surface area (TPSA) is 9.23 Å². The molecule has 0 unspecified atom stereocenters. The van der Waals surface area contributed by atoms with Crippen molar-refractivity contribution in [1.82, 2.24) is 0 Å². The first-order valence-corrected chi connectivity index (χ1v) is 6.73. The Hall–Kier alpha value is -0.300. The van der Waals surface area contributed by atoms with Crippen molar-refractivity contribution in [1.29, 1.82) is 0 Å². The zero-order valence-electron chi connectivity index (χ0n) is 10.0. The van der Waals surface area contributed by atoms with Crippen LogP contribution in [-0.4, -0.2) is 13.2 Å². The minimum Gasteiger partial charge on any atom is -0.381 e. The van der Waals surface area contributed by atoms with Gasteiger partial charge >= 0.3 is 0 Å². The Kier molecular flexibility index (Phi) is 8.70. The second-order valence-electron chi connectivity index (χ2n) is 4.49. The van der Waals surface area contributed by atoms with E-state index in [1.165, 1.54) is 64.2 Å². The van der Waals surface area contributed by atoms with Gasteiger partial charge in [-0.15, -0.1) is 0 Å². The summed E-state index contributed by atoms with van der Waals surface area (Å²) < 4.78 is 5.59. The Labute approximate surface area is 94.9 Å². The fourth-order valence-electron chi connectivity index (χ4n) is 1.98. The van der Waals surface area contributed by atoms with Gasteiger partial charge in [0.1, 0.15) is 0 Å². The van der Waals surface area contributed by atoms with E-state index in [1.54, 1.807) is 0 Å². The minimum absolute atomic E-state index is 0.982. The lowest BCUT2D eigenvalue weighted by Gasteiger charge is -2.03. The predicted octanol–water partition coefficient (Wildman–Crippen LogP) is 4.47. The SMILES string of the molecule is C1=C/CCCCCCOCCCCCC/1. The predicted molar refractivity (Wildman–Crippen MR) is 66.1 cm³/mol. The fourth-order valence-corrected chi connectivity index (χ4v) is 1.98. The van der Waals surface area contributed by atoms with Crippen LogP contribution in [0.5, 0.6) is 0 Å². The van der Waals surface area contributed by atoms with Gasteiger partial charge in [-0.3, -0.25) is 0 Å². The molecule has 0 aromatic rings. The first-order valence-electron chi connectivity index (χ1n) is 6.73. The molecular weight excluding hydrogens is 184 g/mol. The summed E-state index contributed by atoms with van der Waals surface area (Å²) in [4.78, 5) is 0. The highest BCUT2D eigenvalue weighted by Gasteiger charge is 1.93. The maximum absolute atomic E-state index is 5.59. The van der Waals surface area contributed by atoms with Crippen LogP contribution in [0.2, 0.25) is 0 Å². The van der Waals surface area contributed by atoms with E-state index in [0.29, 0.717) is 0 Å². The third kappa shape index (κ3) is 8.68. The second-order valence-corrected chi connectivity index (χ2v) is 4.49. The highest BCUT2D eigenvalue weighted by atomic mass is 16.5. The van der Waals surface area contributed by atoms with E-state index < -0.39 is 0 Å². The number of rotatable bonds is 0. The molecule has 0 aliphatic carbocycles. The van der Waals surface area contributed by atoms with Gasteiger partial charge in [-0.2, -0.15) is 0 Å². The summed E-state index contributed by atoms with van der Waals surface area (Å²) >= 11 is 0. The van der Waals surface area contributed by atoms with Crippen molar-refractivity contribution in [2.45, 2.75) is 64.2 Å². The molecule has 0 atom stereocenters. The van der Waals surface area contributed by atoms with Gasteiger partial charge in [0, 0.05) is 13.2 Å². The molecular formula is C14H26O. The van der Waals surface area contributed by atoms with Gasteiger partial charge in [-0.1, -0.05) is 37.8 Å². The highest BCUT2D eigenvalue weighted by Crippen LogP contribution is 2.08. The van der Waals surface area contributed by atoms with Crippen LogP contribution in [0.3, 0.4) is 0 Å². The van der Waals surface area contributed by atoms with Crippen molar-refractivity contribution in [3.05, 3.63) is 12.2 Å². The van der Waals surface area contributed by atoms with Gasteiger partial charge < -0.3 is 4.74 Å². The summed E-state index contributed by atoms with van der Waals surface area (Å²) in [6.07, 6.45) is 17.9. The molecule has 0 amide bonds. The number of hydrogen-bond acceptors (Lipinski definition) is 1. The summed E-state index contributed by atoms with van der Waals surface area (Å²) in [5, 5.41) is 0. The Balaban J connectivity index is 2.08. The van der Waals surface area contributed by atoms with Gasteiger partial charge in [0.05, 0.1) is 0 Å². The van der Waals surface area contributed by atoms with Gasteiger partial charge in [0.2, 0.25) is 0 Å². The van der Waals surface area contributed by atoms with Crippen LogP contribution in [0.1, 0.15) is 64.2 Å². The fraction of sp³-hybridized carbons (Fsp3) is 0.857. The molecule has 1 rings (SSSR count). The molecule has 0 saturated carbocycles. The van der Waals surface area contributed by atoms with E-state index in [2.05, 4.69) is 12.2 Å². The Bertz CT molecular complexity index is 135. The molecule has 0 fully saturated rings. The zero-order valence-corrected chi connectivity index (χ0v) is 10.0. The number of allylic oxidation sites excluding steroid dienone is 2. The second kappa shape index (κ2) is 10.2. The van der Waals surface area contributed by atoms with Crippen molar-refractivity contribution in [2.24, 2.45) is 0 Å². The lowest BCUT2D eigenvalue weighted by Crippen LogP contribution is -1.97. The van der Waals surface area contributed by atoms with Gasteiger partial charge in [-0.05, 0) is 38.5 Å². The summed E-state index contributed by atoms with van der Waals surface area (Å²) in [6, 6.07) is 0. The van der Waals surface area contributed by atoms with Crippen LogP contribution < -0.4 is 0 Å². The highest BCUT2D eigenvalue weighted by molar-refractivity contribution is 4.81. The summed E-state index contributed by atoms with van der Waals surface area (Å²) in [5.74, 6) is 0. The monoisotopic (exact) mass is 210 g/mol. The third-order valence-corrected chi connectivity index (χ3v) is 2.99. The molecule has 0 aromatic carbocycles. The molecule has 1 aliphatic heterocycles. The van der Waals surface area contributed by atoms with E-state index in [9.17, 15) is 0 Å². The molecule has 1 heterocycles. The van der Waals surface area contributed by atoms with E-state index in [1.807, 2.05) is 0 Å². The van der Waals surface area contributed by atoms with E-state index in [0.717, 1.165) is 13.2 Å². The summed E-state index contributed by atoms with van der Waals surface area (Å²) in [5.41, 5.74) is 0. The van der Waals surface area contributed by atoms with E-state index >= 15 is 0 Å². The Morgan fingerprint density at radius 1 is 0.533 bits per heavy atom. The maximum Gasteiger partial charge on any atom is 0.0466 e. The number of hydrogen-bond donors (Lipinski definition) is 0. The van der Waals surface area contributed by atoms with E-state index in [4.69, 9.17) is 4.74 Å². The summed E-state index contributed by atoms with van der Waals surface area (Å²) in [7, 11) is 0. The molecule has 1 nitrogen and oxygen atoms in total. The molecule has 0 radical (unpaired) electrons. The van der Waals surface area contributed by atoms with Crippen molar-refractivity contribution >= 4 is 0 Å². The molecule has 1 aliphatic rings. The molecule has 15 heavy (non-hydrogen) atoms. The first-order chi connectivity index (χ1) is 7.50. The van der Waals surface area contributed by atoms with Crippen LogP contribution in [0.25, 0.3) is 0 Å². The van der Waals surface area contributed by atoms with Crippen molar-refractivity contribution in [3.63, 3.8) is 0 Å². The van der Waals surface area contributed by atoms with E-state index in [-0.39, 0.29) is 0 Å². The average molecular weight is 210 g/mol. The molecule has 0 N–H and O–H groups in total. The maximum atomic E-state index is 5.59. The molecule has 1 heteroatoms. The molecule has 0 spiro atoms. The minimum atomic E-state index is 0.982. The molecule has 88 valence electrons. The largest absolute Gasteiger partial charge is 0.381 e. The lowest BCUT2D eigenvalue weighted by atomic mass is 10.1. The molecule has 0 saturated heterocycles. The Morgan fingerprint density at radius 2 is 1.00 bits per heavy atom. The van der Waals surface area contributed by atoms with Crippen LogP contribution in [-0.2, 0) is 4.74 Å². The molecule has 0 bridgehead atoms. The van der Waals surface area contributed by atoms with Crippen LogP contribution in [0, 0.1) is 0 Å². The zero-order chi connectivity index (χ0) is 10.6. The standard InChI is InChI=1S/C14H26O/c1-2-4-6-8-10-12-14-15-13-11-9-7-5-3-1/h1-2H,3-14H2/b2-1+. The van der Waals surface area contributed by atoms with Crippen LogP contribution in [0.15, 0.2) is 12.2 Å². The van der Waals surface area contributed by atoms with Crippen LogP contribution >= 0.6 is 0 Å². The quantitative estimate of drug-likeness (QED) is 0.536. The molecule has 0 aromatic heterocycles. The summed E-state index contributed by atoms with van der Waals surface area (Å²) in [6.45, 7) is 1.96. The number of ether oxygens (including phenoxy) is 1. The smallest absolute Gasteiger partial charge is 0.0466 e. The van der Waals surface area contributed by atoms with Crippen molar-refractivity contribution in [3.8, 4) is 0 Å². The normalized spacial score (nSPS) is 25.1. The average Bonchev–Trinajstić information content (AvgIpc) is 2.27. The van der Waals surface area contributed by atoms with Gasteiger partial charge in [-0.25, -0.2) is 0 Å². The van der Waals surface area contributed by atoms with Gasteiger partial charge in [0.25, 0.3) is 0 Å². The Morgan fingerprint density at radius 3 is 1.53 bits per heavy atom. The van der Waals surface area contributed by atoms with Crippen molar-refractivity contribution in [2.75, 3.05) is 13.2 Å².